The van der Waals surface area contributed by atoms with Crippen molar-refractivity contribution in [1.29, 1.82) is 0 Å². The highest BCUT2D eigenvalue weighted by atomic mass is 16.5. The molecule has 0 atom stereocenters. The summed E-state index contributed by atoms with van der Waals surface area (Å²) in [4.78, 5) is 12.6. The number of methoxy groups -OCH3 is 1. The fourth-order valence-electron chi connectivity index (χ4n) is 2.09. The SMILES string of the molecule is COc1ccc(Oc2nc(N)n3nc(-c4ccco4)nc3n2)cc1. The number of ether oxygens (including phenoxy) is 2. The van der Waals surface area contributed by atoms with Crippen molar-refractivity contribution in [2.45, 2.75) is 0 Å². The number of aromatic nitrogens is 5. The number of fused-ring (bicyclic) bond motifs is 1. The first-order valence-electron chi connectivity index (χ1n) is 6.99. The standard InChI is InChI=1S/C15H12N6O3/c1-22-9-4-6-10(7-5-9)24-15-18-13(16)21-14(19-15)17-12(20-21)11-3-2-8-23-11/h2-8H,1H3,(H2,16,17,18,19,20). The van der Waals surface area contributed by atoms with Crippen LogP contribution in [0.5, 0.6) is 17.5 Å². The van der Waals surface area contributed by atoms with E-state index >= 15 is 0 Å². The lowest BCUT2D eigenvalue weighted by Gasteiger charge is -2.05. The van der Waals surface area contributed by atoms with Crippen LogP contribution in [-0.4, -0.2) is 31.7 Å². The number of rotatable bonds is 4. The van der Waals surface area contributed by atoms with Gasteiger partial charge in [0.2, 0.25) is 11.8 Å². The molecule has 0 fully saturated rings. The van der Waals surface area contributed by atoms with E-state index in [2.05, 4.69) is 20.1 Å². The second-order valence-corrected chi connectivity index (χ2v) is 4.77. The molecule has 0 radical (unpaired) electrons. The van der Waals surface area contributed by atoms with Crippen molar-refractivity contribution in [1.82, 2.24) is 24.6 Å². The highest BCUT2D eigenvalue weighted by Crippen LogP contribution is 2.23. The van der Waals surface area contributed by atoms with Crippen molar-refractivity contribution in [3.8, 4) is 29.1 Å². The van der Waals surface area contributed by atoms with E-state index in [9.17, 15) is 0 Å². The minimum Gasteiger partial charge on any atom is -0.497 e. The fraction of sp³-hybridized carbons (Fsp3) is 0.0667. The summed E-state index contributed by atoms with van der Waals surface area (Å²) in [5, 5.41) is 4.22. The molecule has 0 aliphatic heterocycles. The fourth-order valence-corrected chi connectivity index (χ4v) is 2.09. The molecular weight excluding hydrogens is 312 g/mol. The number of nitrogens with zero attached hydrogens (tertiary/aromatic N) is 5. The summed E-state index contributed by atoms with van der Waals surface area (Å²) in [7, 11) is 1.59. The van der Waals surface area contributed by atoms with E-state index < -0.39 is 0 Å². The molecule has 1 aromatic carbocycles. The normalized spacial score (nSPS) is 10.9. The van der Waals surface area contributed by atoms with E-state index in [0.29, 0.717) is 17.3 Å². The molecule has 0 saturated carbocycles. The topological polar surface area (TPSA) is 114 Å². The van der Waals surface area contributed by atoms with Crippen molar-refractivity contribution in [2.75, 3.05) is 12.8 Å². The van der Waals surface area contributed by atoms with Crippen LogP contribution in [0.15, 0.2) is 47.1 Å². The van der Waals surface area contributed by atoms with Crippen LogP contribution in [0.4, 0.5) is 5.95 Å². The lowest BCUT2D eigenvalue weighted by molar-refractivity contribution is 0.410. The van der Waals surface area contributed by atoms with Crippen molar-refractivity contribution < 1.29 is 13.9 Å². The molecule has 0 aliphatic rings. The molecule has 0 bridgehead atoms. The molecule has 24 heavy (non-hydrogen) atoms. The minimum atomic E-state index is 0.0727. The van der Waals surface area contributed by atoms with Crippen molar-refractivity contribution >= 4 is 11.7 Å². The maximum Gasteiger partial charge on any atom is 0.328 e. The number of furan rings is 1. The Hall–Kier alpha value is -3.62. The third-order valence-electron chi connectivity index (χ3n) is 3.22. The molecular formula is C15H12N6O3. The lowest BCUT2D eigenvalue weighted by Crippen LogP contribution is -2.05. The molecule has 0 spiro atoms. The zero-order chi connectivity index (χ0) is 16.5. The first-order chi connectivity index (χ1) is 11.7. The van der Waals surface area contributed by atoms with Crippen LogP contribution in [0.1, 0.15) is 0 Å². The van der Waals surface area contributed by atoms with Crippen molar-refractivity contribution in [3.05, 3.63) is 42.7 Å². The summed E-state index contributed by atoms with van der Waals surface area (Å²) in [6.07, 6.45) is 1.54. The molecule has 0 amide bonds. The van der Waals surface area contributed by atoms with E-state index in [1.54, 1.807) is 43.5 Å². The van der Waals surface area contributed by atoms with Crippen LogP contribution < -0.4 is 15.2 Å². The van der Waals surface area contributed by atoms with Gasteiger partial charge in [0.1, 0.15) is 11.5 Å². The second-order valence-electron chi connectivity index (χ2n) is 4.77. The lowest BCUT2D eigenvalue weighted by atomic mass is 10.3. The van der Waals surface area contributed by atoms with E-state index in [0.717, 1.165) is 5.75 Å². The summed E-state index contributed by atoms with van der Waals surface area (Å²) in [6.45, 7) is 0. The van der Waals surface area contributed by atoms with Crippen LogP contribution in [0.2, 0.25) is 0 Å². The highest BCUT2D eigenvalue weighted by Gasteiger charge is 2.14. The van der Waals surface area contributed by atoms with Gasteiger partial charge in [-0.05, 0) is 36.4 Å². The van der Waals surface area contributed by atoms with Gasteiger partial charge in [0.05, 0.1) is 13.4 Å². The van der Waals surface area contributed by atoms with Gasteiger partial charge in [-0.3, -0.25) is 0 Å². The van der Waals surface area contributed by atoms with Crippen LogP contribution >= 0.6 is 0 Å². The van der Waals surface area contributed by atoms with Crippen molar-refractivity contribution in [3.63, 3.8) is 0 Å². The second kappa shape index (κ2) is 5.54. The van der Waals surface area contributed by atoms with E-state index in [1.165, 1.54) is 10.8 Å². The summed E-state index contributed by atoms with van der Waals surface area (Å²) in [6, 6.07) is 10.6. The Morgan fingerprint density at radius 1 is 1.04 bits per heavy atom. The maximum absolute atomic E-state index is 5.90. The molecule has 9 nitrogen and oxygen atoms in total. The van der Waals surface area contributed by atoms with E-state index in [4.69, 9.17) is 19.6 Å². The molecule has 3 heterocycles. The number of nitrogens with two attached hydrogens (primary N) is 1. The predicted molar refractivity (Wildman–Crippen MR) is 83.8 cm³/mol. The molecule has 0 unspecified atom stereocenters. The molecule has 9 heteroatoms. The smallest absolute Gasteiger partial charge is 0.328 e. The summed E-state index contributed by atoms with van der Waals surface area (Å²) in [5.41, 5.74) is 5.90. The molecule has 120 valence electrons. The maximum atomic E-state index is 5.90. The van der Waals surface area contributed by atoms with Crippen LogP contribution in [-0.2, 0) is 0 Å². The number of hydrogen-bond acceptors (Lipinski definition) is 8. The van der Waals surface area contributed by atoms with Gasteiger partial charge < -0.3 is 19.6 Å². The average Bonchev–Trinajstić information content (AvgIpc) is 3.25. The zero-order valence-electron chi connectivity index (χ0n) is 12.6. The first kappa shape index (κ1) is 14.0. The van der Waals surface area contributed by atoms with Gasteiger partial charge in [-0.2, -0.15) is 19.5 Å². The van der Waals surface area contributed by atoms with Gasteiger partial charge in [-0.15, -0.1) is 5.10 Å². The predicted octanol–water partition coefficient (Wildman–Crippen LogP) is 2.16. The van der Waals surface area contributed by atoms with Crippen LogP contribution in [0.25, 0.3) is 17.4 Å². The average molecular weight is 324 g/mol. The largest absolute Gasteiger partial charge is 0.497 e. The van der Waals surface area contributed by atoms with Gasteiger partial charge in [-0.1, -0.05) is 0 Å². The third-order valence-corrected chi connectivity index (χ3v) is 3.22. The van der Waals surface area contributed by atoms with Gasteiger partial charge in [-0.25, -0.2) is 0 Å². The third kappa shape index (κ3) is 2.47. The molecule has 0 aliphatic carbocycles. The number of hydrogen-bond donors (Lipinski definition) is 1. The quantitative estimate of drug-likeness (QED) is 0.607. The van der Waals surface area contributed by atoms with E-state index in [1.807, 2.05) is 0 Å². The number of benzene rings is 1. The molecule has 4 aromatic rings. The summed E-state index contributed by atoms with van der Waals surface area (Å²) < 4.78 is 17.3. The number of nitrogen functional groups attached to an aromatic ring is 1. The summed E-state index contributed by atoms with van der Waals surface area (Å²) >= 11 is 0. The Balaban J connectivity index is 1.68. The van der Waals surface area contributed by atoms with Gasteiger partial charge >= 0.3 is 6.01 Å². The molecule has 0 saturated heterocycles. The van der Waals surface area contributed by atoms with Crippen LogP contribution in [0.3, 0.4) is 0 Å². The first-order valence-corrected chi connectivity index (χ1v) is 6.99. The molecule has 2 N–H and O–H groups in total. The van der Waals surface area contributed by atoms with E-state index in [-0.39, 0.29) is 17.7 Å². The Kier molecular flexibility index (Phi) is 3.23. The monoisotopic (exact) mass is 324 g/mol. The number of anilines is 1. The van der Waals surface area contributed by atoms with Gasteiger partial charge in [0.15, 0.2) is 5.76 Å². The minimum absolute atomic E-state index is 0.0727. The highest BCUT2D eigenvalue weighted by molar-refractivity contribution is 5.51. The molecule has 4 rings (SSSR count). The Bertz CT molecular complexity index is 979. The molecule has 3 aromatic heterocycles. The van der Waals surface area contributed by atoms with Gasteiger partial charge in [0, 0.05) is 0 Å². The Morgan fingerprint density at radius 3 is 2.54 bits per heavy atom. The van der Waals surface area contributed by atoms with Gasteiger partial charge in [0.25, 0.3) is 5.78 Å². The Labute approximate surface area is 135 Å². The Morgan fingerprint density at radius 2 is 1.83 bits per heavy atom. The summed E-state index contributed by atoms with van der Waals surface area (Å²) in [5.74, 6) is 2.51. The zero-order valence-corrected chi connectivity index (χ0v) is 12.6. The van der Waals surface area contributed by atoms with Crippen LogP contribution in [0, 0.1) is 0 Å². The van der Waals surface area contributed by atoms with Crippen molar-refractivity contribution in [2.24, 2.45) is 0 Å².